The molecule has 0 aliphatic heterocycles. The van der Waals surface area contributed by atoms with Gasteiger partial charge in [-0.3, -0.25) is 9.59 Å². The number of nitrogens with one attached hydrogen (secondary N) is 2. The lowest BCUT2D eigenvalue weighted by molar-refractivity contribution is 0.100. The van der Waals surface area contributed by atoms with Crippen molar-refractivity contribution in [1.29, 1.82) is 0 Å². The minimum atomic E-state index is -0.339. The molecule has 1 unspecified atom stereocenters. The number of carbonyl (C=O) groups is 2. The molecule has 0 radical (unpaired) electrons. The third kappa shape index (κ3) is 4.62. The predicted molar refractivity (Wildman–Crippen MR) is 94.5 cm³/mol. The number of aryl methyl sites for hydroxylation is 1. The van der Waals surface area contributed by atoms with Crippen molar-refractivity contribution in [2.75, 3.05) is 10.6 Å². The summed E-state index contributed by atoms with van der Waals surface area (Å²) in [5, 5.41) is 6.01. The van der Waals surface area contributed by atoms with Gasteiger partial charge in [0, 0.05) is 23.4 Å². The number of nitrogens with zero attached hydrogens (tertiary/aromatic N) is 2. The van der Waals surface area contributed by atoms with Crippen molar-refractivity contribution < 1.29 is 9.59 Å². The maximum Gasteiger partial charge on any atom is 0.274 e. The third-order valence-corrected chi connectivity index (χ3v) is 3.60. The van der Waals surface area contributed by atoms with Crippen molar-refractivity contribution in [3.63, 3.8) is 0 Å². The van der Waals surface area contributed by atoms with E-state index in [-0.39, 0.29) is 23.4 Å². The van der Waals surface area contributed by atoms with Gasteiger partial charge >= 0.3 is 0 Å². The number of carbonyl (C=O) groups excluding carboxylic acids is 2. The second kappa shape index (κ2) is 7.68. The summed E-state index contributed by atoms with van der Waals surface area (Å²) in [6, 6.07) is 8.70. The maximum absolute atomic E-state index is 12.4. The van der Waals surface area contributed by atoms with Gasteiger partial charge in [-0.2, -0.15) is 0 Å². The highest BCUT2D eigenvalue weighted by Gasteiger charge is 2.12. The largest absolute Gasteiger partial charge is 0.368 e. The Morgan fingerprint density at radius 2 is 1.96 bits per heavy atom. The van der Waals surface area contributed by atoms with Crippen LogP contribution in [0, 0.1) is 6.92 Å². The van der Waals surface area contributed by atoms with E-state index in [4.69, 9.17) is 0 Å². The molecule has 1 heterocycles. The number of rotatable bonds is 6. The molecule has 2 aromatic rings. The molecular weight excluding hydrogens is 304 g/mol. The molecule has 6 nitrogen and oxygen atoms in total. The smallest absolute Gasteiger partial charge is 0.274 e. The van der Waals surface area contributed by atoms with E-state index in [0.717, 1.165) is 6.42 Å². The summed E-state index contributed by atoms with van der Waals surface area (Å²) >= 11 is 0. The van der Waals surface area contributed by atoms with E-state index in [1.165, 1.54) is 6.92 Å². The van der Waals surface area contributed by atoms with Crippen molar-refractivity contribution in [2.45, 2.75) is 40.2 Å². The molecule has 0 saturated heterocycles. The Bertz CT molecular complexity index is 758. The minimum Gasteiger partial charge on any atom is -0.368 e. The van der Waals surface area contributed by atoms with Crippen LogP contribution in [0.15, 0.2) is 30.3 Å². The number of hydrogen-bond acceptors (Lipinski definition) is 5. The topological polar surface area (TPSA) is 84.0 Å². The molecule has 0 aliphatic rings. The van der Waals surface area contributed by atoms with Crippen molar-refractivity contribution in [2.24, 2.45) is 0 Å². The van der Waals surface area contributed by atoms with Crippen LogP contribution >= 0.6 is 0 Å². The molecular formula is C18H22N4O2. The maximum atomic E-state index is 12.4. The number of hydrogen-bond donors (Lipinski definition) is 2. The average Bonchev–Trinajstić information content (AvgIpc) is 2.54. The molecule has 0 bridgehead atoms. The molecule has 0 saturated carbocycles. The van der Waals surface area contributed by atoms with Gasteiger partial charge in [0.25, 0.3) is 5.91 Å². The van der Waals surface area contributed by atoms with Crippen LogP contribution in [0.3, 0.4) is 0 Å². The standard InChI is InChI=1S/C18H22N4O2/c1-5-11(2)19-17-10-16(20-13(4)21-17)18(24)22-15-8-6-7-14(9-15)12(3)23/h6-11H,5H2,1-4H3,(H,22,24)(H,19,20,21). The molecule has 2 N–H and O–H groups in total. The summed E-state index contributed by atoms with van der Waals surface area (Å²) < 4.78 is 0. The number of aromatic nitrogens is 2. The Hall–Kier alpha value is -2.76. The lowest BCUT2D eigenvalue weighted by Crippen LogP contribution is -2.18. The van der Waals surface area contributed by atoms with Crippen LogP contribution in [-0.2, 0) is 0 Å². The lowest BCUT2D eigenvalue weighted by atomic mass is 10.1. The zero-order valence-electron chi connectivity index (χ0n) is 14.4. The van der Waals surface area contributed by atoms with Crippen LogP contribution in [0.2, 0.25) is 0 Å². The fourth-order valence-electron chi connectivity index (χ4n) is 2.12. The fraction of sp³-hybridized carbons (Fsp3) is 0.333. The van der Waals surface area contributed by atoms with Crippen molar-refractivity contribution in [3.05, 3.63) is 47.4 Å². The Morgan fingerprint density at radius 3 is 2.62 bits per heavy atom. The molecule has 2 rings (SSSR count). The lowest BCUT2D eigenvalue weighted by Gasteiger charge is -2.13. The Balaban J connectivity index is 2.20. The normalized spacial score (nSPS) is 11.7. The van der Waals surface area contributed by atoms with Crippen molar-refractivity contribution >= 4 is 23.2 Å². The molecule has 126 valence electrons. The van der Waals surface area contributed by atoms with Crippen LogP contribution in [0.5, 0.6) is 0 Å². The second-order valence-corrected chi connectivity index (χ2v) is 5.73. The molecule has 0 aliphatic carbocycles. The molecule has 0 spiro atoms. The summed E-state index contributed by atoms with van der Waals surface area (Å²) in [5.74, 6) is 0.753. The van der Waals surface area contributed by atoms with Gasteiger partial charge in [-0.25, -0.2) is 9.97 Å². The van der Waals surface area contributed by atoms with E-state index in [0.29, 0.717) is 22.9 Å². The quantitative estimate of drug-likeness (QED) is 0.794. The van der Waals surface area contributed by atoms with E-state index in [1.54, 1.807) is 37.3 Å². The van der Waals surface area contributed by atoms with Crippen LogP contribution in [0.1, 0.15) is 53.9 Å². The van der Waals surface area contributed by atoms with Gasteiger partial charge in [0.05, 0.1) is 0 Å². The minimum absolute atomic E-state index is 0.0518. The van der Waals surface area contributed by atoms with Gasteiger partial charge in [0.15, 0.2) is 5.78 Å². The van der Waals surface area contributed by atoms with Crippen LogP contribution in [-0.4, -0.2) is 27.7 Å². The SMILES string of the molecule is CCC(C)Nc1cc(C(=O)Nc2cccc(C(C)=O)c2)nc(C)n1. The van der Waals surface area contributed by atoms with E-state index in [2.05, 4.69) is 27.5 Å². The third-order valence-electron chi connectivity index (χ3n) is 3.60. The molecule has 24 heavy (non-hydrogen) atoms. The number of amides is 1. The van der Waals surface area contributed by atoms with E-state index in [1.807, 2.05) is 6.92 Å². The highest BCUT2D eigenvalue weighted by Crippen LogP contribution is 2.14. The molecule has 1 amide bonds. The zero-order chi connectivity index (χ0) is 17.7. The average molecular weight is 326 g/mol. The summed E-state index contributed by atoms with van der Waals surface area (Å²) in [7, 11) is 0. The number of anilines is 2. The van der Waals surface area contributed by atoms with Crippen LogP contribution in [0.25, 0.3) is 0 Å². The van der Waals surface area contributed by atoms with E-state index < -0.39 is 0 Å². The van der Waals surface area contributed by atoms with Gasteiger partial charge in [-0.05, 0) is 39.3 Å². The fourth-order valence-corrected chi connectivity index (χ4v) is 2.12. The zero-order valence-corrected chi connectivity index (χ0v) is 14.4. The molecule has 1 aromatic carbocycles. The van der Waals surface area contributed by atoms with Crippen molar-refractivity contribution in [1.82, 2.24) is 9.97 Å². The van der Waals surface area contributed by atoms with E-state index >= 15 is 0 Å². The summed E-state index contributed by atoms with van der Waals surface area (Å²) in [4.78, 5) is 32.4. The molecule has 0 fully saturated rings. The Kier molecular flexibility index (Phi) is 5.63. The summed E-state index contributed by atoms with van der Waals surface area (Å²) in [6.45, 7) is 7.35. The van der Waals surface area contributed by atoms with Gasteiger partial charge < -0.3 is 10.6 Å². The first-order valence-corrected chi connectivity index (χ1v) is 7.93. The second-order valence-electron chi connectivity index (χ2n) is 5.73. The Morgan fingerprint density at radius 1 is 1.21 bits per heavy atom. The monoisotopic (exact) mass is 326 g/mol. The Labute approximate surface area is 141 Å². The van der Waals surface area contributed by atoms with Crippen molar-refractivity contribution in [3.8, 4) is 0 Å². The first-order valence-electron chi connectivity index (χ1n) is 7.93. The first kappa shape index (κ1) is 17.6. The van der Waals surface area contributed by atoms with Gasteiger partial charge in [0.1, 0.15) is 17.3 Å². The first-order chi connectivity index (χ1) is 11.4. The molecule has 1 atom stereocenters. The van der Waals surface area contributed by atoms with Gasteiger partial charge in [-0.15, -0.1) is 0 Å². The number of ketones is 1. The summed E-state index contributed by atoms with van der Waals surface area (Å²) in [5.41, 5.74) is 1.38. The van der Waals surface area contributed by atoms with Crippen LogP contribution < -0.4 is 10.6 Å². The van der Waals surface area contributed by atoms with Gasteiger partial charge in [0.2, 0.25) is 0 Å². The highest BCUT2D eigenvalue weighted by atomic mass is 16.2. The highest BCUT2D eigenvalue weighted by molar-refractivity contribution is 6.04. The molecule has 6 heteroatoms. The number of Topliss-reactive ketones (excluding diaryl/α,β-unsaturated/α-hetero) is 1. The van der Waals surface area contributed by atoms with Gasteiger partial charge in [-0.1, -0.05) is 19.1 Å². The molecule has 1 aromatic heterocycles. The van der Waals surface area contributed by atoms with Crippen LogP contribution in [0.4, 0.5) is 11.5 Å². The number of benzene rings is 1. The predicted octanol–water partition coefficient (Wildman–Crippen LogP) is 3.45. The van der Waals surface area contributed by atoms with E-state index in [9.17, 15) is 9.59 Å². The summed E-state index contributed by atoms with van der Waals surface area (Å²) in [6.07, 6.45) is 0.947.